The van der Waals surface area contributed by atoms with Gasteiger partial charge in [-0.05, 0) is 6.92 Å². The van der Waals surface area contributed by atoms with Crippen molar-refractivity contribution in [2.24, 2.45) is 0 Å². The Balaban J connectivity index is 2.14. The molecule has 2 aromatic rings. The maximum atomic E-state index is 12.5. The molecule has 2 aromatic heterocycles. The maximum Gasteiger partial charge on any atom is 0.451 e. The van der Waals surface area contributed by atoms with Crippen molar-refractivity contribution in [2.45, 2.75) is 19.6 Å². The van der Waals surface area contributed by atoms with E-state index >= 15 is 0 Å². The van der Waals surface area contributed by atoms with E-state index in [1.165, 1.54) is 17.4 Å². The molecule has 2 heterocycles. The lowest BCUT2D eigenvalue weighted by molar-refractivity contribution is -0.144. The van der Waals surface area contributed by atoms with Gasteiger partial charge < -0.3 is 5.32 Å². The van der Waals surface area contributed by atoms with Crippen LogP contribution in [0.3, 0.4) is 0 Å². The van der Waals surface area contributed by atoms with Crippen LogP contribution in [0.1, 0.15) is 15.7 Å². The Kier molecular flexibility index (Phi) is 3.91. The van der Waals surface area contributed by atoms with Crippen molar-refractivity contribution in [1.82, 2.24) is 15.0 Å². The van der Waals surface area contributed by atoms with E-state index in [1.807, 2.05) is 6.92 Å². The van der Waals surface area contributed by atoms with Crippen molar-refractivity contribution in [3.8, 4) is 0 Å². The lowest BCUT2D eigenvalue weighted by atomic mass is 10.5. The molecule has 0 bridgehead atoms. The van der Waals surface area contributed by atoms with Gasteiger partial charge in [0.25, 0.3) is 0 Å². The van der Waals surface area contributed by atoms with Crippen LogP contribution in [-0.4, -0.2) is 15.0 Å². The molecule has 102 valence electrons. The fourth-order valence-electron chi connectivity index (χ4n) is 1.28. The third kappa shape index (κ3) is 3.77. The maximum absolute atomic E-state index is 12.5. The molecule has 0 amide bonds. The number of alkyl halides is 3. The van der Waals surface area contributed by atoms with Gasteiger partial charge in [0, 0.05) is 17.1 Å². The van der Waals surface area contributed by atoms with Gasteiger partial charge in [0.1, 0.15) is 16.0 Å². The molecule has 1 N–H and O–H groups in total. The summed E-state index contributed by atoms with van der Waals surface area (Å²) >= 11 is 6.99. The number of thiazole rings is 1. The van der Waals surface area contributed by atoms with Crippen LogP contribution >= 0.6 is 22.9 Å². The molecule has 4 nitrogen and oxygen atoms in total. The smallest absolute Gasteiger partial charge is 0.363 e. The molecule has 19 heavy (non-hydrogen) atoms. The minimum Gasteiger partial charge on any atom is -0.363 e. The van der Waals surface area contributed by atoms with E-state index in [2.05, 4.69) is 20.3 Å². The molecule has 0 aliphatic rings. The number of halogens is 4. The number of aromatic nitrogens is 3. The van der Waals surface area contributed by atoms with Gasteiger partial charge in [0.05, 0.1) is 6.54 Å². The SMILES string of the molecule is Cc1cnc(CNc2cc(Cl)nc(C(F)(F)F)n2)s1. The van der Waals surface area contributed by atoms with Crippen LogP contribution in [-0.2, 0) is 12.7 Å². The second-order valence-corrected chi connectivity index (χ2v) is 5.32. The van der Waals surface area contributed by atoms with Crippen LogP contribution in [0, 0.1) is 6.92 Å². The van der Waals surface area contributed by atoms with Crippen LogP contribution < -0.4 is 5.32 Å². The monoisotopic (exact) mass is 308 g/mol. The van der Waals surface area contributed by atoms with Crippen molar-refractivity contribution in [3.63, 3.8) is 0 Å². The van der Waals surface area contributed by atoms with Crippen molar-refractivity contribution in [2.75, 3.05) is 5.32 Å². The molecular weight excluding hydrogens is 301 g/mol. The highest BCUT2D eigenvalue weighted by atomic mass is 35.5. The fourth-order valence-corrected chi connectivity index (χ4v) is 2.19. The van der Waals surface area contributed by atoms with E-state index < -0.39 is 12.0 Å². The summed E-state index contributed by atoms with van der Waals surface area (Å²) in [6, 6.07) is 1.23. The number of aryl methyl sites for hydroxylation is 1. The summed E-state index contributed by atoms with van der Waals surface area (Å²) < 4.78 is 37.5. The molecule has 0 unspecified atom stereocenters. The van der Waals surface area contributed by atoms with Gasteiger partial charge in [-0.15, -0.1) is 11.3 Å². The molecule has 9 heteroatoms. The van der Waals surface area contributed by atoms with Crippen molar-refractivity contribution < 1.29 is 13.2 Å². The van der Waals surface area contributed by atoms with Gasteiger partial charge in [-0.2, -0.15) is 13.2 Å². The number of rotatable bonds is 3. The zero-order valence-electron chi connectivity index (χ0n) is 9.62. The number of anilines is 1. The zero-order valence-corrected chi connectivity index (χ0v) is 11.2. The van der Waals surface area contributed by atoms with Gasteiger partial charge in [-0.1, -0.05) is 11.6 Å². The van der Waals surface area contributed by atoms with Crippen molar-refractivity contribution in [1.29, 1.82) is 0 Å². The molecular formula is C10H8ClF3N4S. The molecule has 0 saturated carbocycles. The number of hydrogen-bond donors (Lipinski definition) is 1. The van der Waals surface area contributed by atoms with Crippen LogP contribution in [0.4, 0.5) is 19.0 Å². The Labute approximate surface area is 115 Å². The Morgan fingerprint density at radius 3 is 2.68 bits per heavy atom. The van der Waals surface area contributed by atoms with Crippen LogP contribution in [0.15, 0.2) is 12.3 Å². The van der Waals surface area contributed by atoms with Gasteiger partial charge in [0.15, 0.2) is 0 Å². The second-order valence-electron chi connectivity index (χ2n) is 3.62. The molecule has 0 atom stereocenters. The van der Waals surface area contributed by atoms with Gasteiger partial charge in [-0.3, -0.25) is 0 Å². The van der Waals surface area contributed by atoms with Crippen LogP contribution in [0.2, 0.25) is 5.15 Å². The fraction of sp³-hybridized carbons (Fsp3) is 0.300. The summed E-state index contributed by atoms with van der Waals surface area (Å²) in [6.07, 6.45) is -2.94. The molecule has 0 spiro atoms. The first-order valence-electron chi connectivity index (χ1n) is 5.11. The molecule has 0 aliphatic heterocycles. The van der Waals surface area contributed by atoms with E-state index in [1.54, 1.807) is 6.20 Å². The van der Waals surface area contributed by atoms with Crippen molar-refractivity contribution >= 4 is 28.8 Å². The summed E-state index contributed by atoms with van der Waals surface area (Å²) in [7, 11) is 0. The Hall–Kier alpha value is -1.41. The minimum atomic E-state index is -4.63. The van der Waals surface area contributed by atoms with Crippen molar-refractivity contribution in [3.05, 3.63) is 33.1 Å². The zero-order chi connectivity index (χ0) is 14.0. The second kappa shape index (κ2) is 5.30. The van der Waals surface area contributed by atoms with E-state index in [-0.39, 0.29) is 17.5 Å². The molecule has 0 saturated heterocycles. The Morgan fingerprint density at radius 2 is 2.11 bits per heavy atom. The standard InChI is InChI=1S/C10H8ClF3N4S/c1-5-3-16-8(19-5)4-15-7-2-6(11)17-9(18-7)10(12,13)14/h2-3H,4H2,1H3,(H,15,17,18). The molecule has 2 rings (SSSR count). The molecule has 0 radical (unpaired) electrons. The molecule has 0 aliphatic carbocycles. The van der Waals surface area contributed by atoms with E-state index in [9.17, 15) is 13.2 Å². The van der Waals surface area contributed by atoms with Gasteiger partial charge >= 0.3 is 6.18 Å². The third-order valence-electron chi connectivity index (χ3n) is 2.04. The topological polar surface area (TPSA) is 50.7 Å². The lowest BCUT2D eigenvalue weighted by Gasteiger charge is -2.08. The first-order valence-corrected chi connectivity index (χ1v) is 6.31. The largest absolute Gasteiger partial charge is 0.451 e. The average Bonchev–Trinajstić information content (AvgIpc) is 2.71. The summed E-state index contributed by atoms with van der Waals surface area (Å²) in [5, 5.41) is 3.23. The Bertz CT molecular complexity index is 584. The Morgan fingerprint density at radius 1 is 1.37 bits per heavy atom. The van der Waals surface area contributed by atoms with Gasteiger partial charge in [0.2, 0.25) is 5.82 Å². The van der Waals surface area contributed by atoms with Crippen LogP contribution in [0.25, 0.3) is 0 Å². The first kappa shape index (κ1) is 14.0. The van der Waals surface area contributed by atoms with E-state index in [4.69, 9.17) is 11.6 Å². The highest BCUT2D eigenvalue weighted by Gasteiger charge is 2.35. The average molecular weight is 309 g/mol. The summed E-state index contributed by atoms with van der Waals surface area (Å²) in [6.45, 7) is 2.17. The van der Waals surface area contributed by atoms with E-state index in [0.717, 1.165) is 9.88 Å². The predicted molar refractivity (Wildman–Crippen MR) is 66.2 cm³/mol. The lowest BCUT2D eigenvalue weighted by Crippen LogP contribution is -2.13. The number of hydrogen-bond acceptors (Lipinski definition) is 5. The van der Waals surface area contributed by atoms with E-state index in [0.29, 0.717) is 0 Å². The molecule has 0 fully saturated rings. The van der Waals surface area contributed by atoms with Crippen LogP contribution in [0.5, 0.6) is 0 Å². The summed E-state index contributed by atoms with van der Waals surface area (Å²) in [4.78, 5) is 11.6. The normalized spacial score (nSPS) is 11.6. The third-order valence-corrected chi connectivity index (χ3v) is 3.14. The highest BCUT2D eigenvalue weighted by molar-refractivity contribution is 7.11. The first-order chi connectivity index (χ1) is 8.84. The minimum absolute atomic E-state index is 0.0141. The quantitative estimate of drug-likeness (QED) is 0.881. The summed E-state index contributed by atoms with van der Waals surface area (Å²) in [5.41, 5.74) is 0. The van der Waals surface area contributed by atoms with Gasteiger partial charge in [-0.25, -0.2) is 15.0 Å². The summed E-state index contributed by atoms with van der Waals surface area (Å²) in [5.74, 6) is -1.25. The molecule has 0 aromatic carbocycles. The number of nitrogens with zero attached hydrogens (tertiary/aromatic N) is 3. The number of nitrogens with one attached hydrogen (secondary N) is 1. The highest BCUT2D eigenvalue weighted by Crippen LogP contribution is 2.28. The predicted octanol–water partition coefficient (Wildman–Crippen LogP) is 3.53.